The second-order valence-corrected chi connectivity index (χ2v) is 9.65. The molecule has 5 nitrogen and oxygen atoms in total. The minimum absolute atomic E-state index is 0.00484. The van der Waals surface area contributed by atoms with Gasteiger partial charge in [-0.3, -0.25) is 14.9 Å². The van der Waals surface area contributed by atoms with Gasteiger partial charge in [0.2, 0.25) is 6.54 Å². The van der Waals surface area contributed by atoms with Crippen LogP contribution < -0.4 is 0 Å². The molecule has 2 fully saturated rings. The monoisotopic (exact) mass is 373 g/mol. The number of rotatable bonds is 3. The zero-order valence-electron chi connectivity index (χ0n) is 16.7. The molecule has 0 N–H and O–H groups in total. The van der Waals surface area contributed by atoms with Crippen LogP contribution in [0.15, 0.2) is 23.3 Å². The van der Waals surface area contributed by atoms with Crippen molar-refractivity contribution in [3.05, 3.63) is 33.4 Å². The first-order valence-electron chi connectivity index (χ1n) is 10.4. The van der Waals surface area contributed by atoms with Crippen LogP contribution in [0.25, 0.3) is 0 Å². The molecule has 0 amide bonds. The zero-order valence-corrected chi connectivity index (χ0v) is 16.7. The van der Waals surface area contributed by atoms with Crippen LogP contribution >= 0.6 is 0 Å². The maximum Gasteiger partial charge on any atom is 0.302 e. The van der Waals surface area contributed by atoms with E-state index in [1.165, 1.54) is 12.5 Å². The van der Waals surface area contributed by atoms with Crippen molar-refractivity contribution in [2.45, 2.75) is 71.8 Å². The summed E-state index contributed by atoms with van der Waals surface area (Å²) >= 11 is 0. The van der Waals surface area contributed by atoms with Gasteiger partial charge in [0.1, 0.15) is 6.10 Å². The molecular weight excluding hydrogens is 342 g/mol. The van der Waals surface area contributed by atoms with Gasteiger partial charge in [-0.25, -0.2) is 0 Å². The van der Waals surface area contributed by atoms with Gasteiger partial charge in [0.05, 0.1) is 0 Å². The van der Waals surface area contributed by atoms with Crippen molar-refractivity contribution < 1.29 is 14.5 Å². The fourth-order valence-corrected chi connectivity index (χ4v) is 7.00. The lowest BCUT2D eigenvalue weighted by molar-refractivity contribution is -0.472. The summed E-state index contributed by atoms with van der Waals surface area (Å²) in [4.78, 5) is 22.3. The Labute approximate surface area is 161 Å². The number of nitro groups is 1. The molecule has 0 aromatic carbocycles. The smallest absolute Gasteiger partial charge is 0.302 e. The Morgan fingerprint density at radius 3 is 2.63 bits per heavy atom. The largest absolute Gasteiger partial charge is 0.462 e. The Morgan fingerprint density at radius 1 is 1.19 bits per heavy atom. The summed E-state index contributed by atoms with van der Waals surface area (Å²) in [7, 11) is 0. The summed E-state index contributed by atoms with van der Waals surface area (Å²) in [5, 5.41) is 11.1. The van der Waals surface area contributed by atoms with Crippen molar-refractivity contribution in [3.8, 4) is 0 Å². The predicted octanol–water partition coefficient (Wildman–Crippen LogP) is 4.69. The highest BCUT2D eigenvalue weighted by atomic mass is 16.6. The summed E-state index contributed by atoms with van der Waals surface area (Å²) in [6.45, 7) is 6.20. The Balaban J connectivity index is 1.56. The van der Waals surface area contributed by atoms with Crippen molar-refractivity contribution in [3.63, 3.8) is 0 Å². The van der Waals surface area contributed by atoms with Crippen molar-refractivity contribution in [2.75, 3.05) is 6.54 Å². The third-order valence-electron chi connectivity index (χ3n) is 8.43. The van der Waals surface area contributed by atoms with Crippen LogP contribution in [0.2, 0.25) is 0 Å². The number of hydrogen-bond acceptors (Lipinski definition) is 4. The van der Waals surface area contributed by atoms with E-state index in [0.717, 1.165) is 50.5 Å². The number of hydrogen-bond donors (Lipinski definition) is 0. The van der Waals surface area contributed by atoms with Gasteiger partial charge in [0, 0.05) is 23.8 Å². The Morgan fingerprint density at radius 2 is 1.93 bits per heavy atom. The Hall–Kier alpha value is -1.65. The highest BCUT2D eigenvalue weighted by Gasteiger charge is 2.57. The molecule has 0 aromatic heterocycles. The van der Waals surface area contributed by atoms with Crippen LogP contribution in [-0.4, -0.2) is 23.5 Å². The van der Waals surface area contributed by atoms with Gasteiger partial charge in [-0.05, 0) is 67.1 Å². The highest BCUT2D eigenvalue weighted by molar-refractivity contribution is 5.66. The van der Waals surface area contributed by atoms with Gasteiger partial charge < -0.3 is 4.74 Å². The molecule has 6 atom stereocenters. The molecule has 0 radical (unpaired) electrons. The van der Waals surface area contributed by atoms with Crippen LogP contribution in [0.5, 0.6) is 0 Å². The van der Waals surface area contributed by atoms with Gasteiger partial charge in [-0.1, -0.05) is 31.6 Å². The lowest BCUT2D eigenvalue weighted by Gasteiger charge is -2.57. The van der Waals surface area contributed by atoms with Crippen molar-refractivity contribution in [1.82, 2.24) is 0 Å². The maximum atomic E-state index is 11.4. The number of ether oxygens (including phenoxy) is 1. The minimum Gasteiger partial charge on any atom is -0.462 e. The molecule has 4 rings (SSSR count). The average Bonchev–Trinajstić information content (AvgIpc) is 2.91. The fraction of sp³-hybridized carbons (Fsp3) is 0.773. The normalized spacial score (nSPS) is 42.9. The average molecular weight is 373 g/mol. The summed E-state index contributed by atoms with van der Waals surface area (Å²) < 4.78 is 5.51. The van der Waals surface area contributed by atoms with Crippen molar-refractivity contribution >= 4 is 5.97 Å². The van der Waals surface area contributed by atoms with Gasteiger partial charge in [0.25, 0.3) is 0 Å². The number of allylic oxidation sites excluding steroid dienone is 2. The first kappa shape index (κ1) is 18.7. The van der Waals surface area contributed by atoms with E-state index in [9.17, 15) is 14.9 Å². The van der Waals surface area contributed by atoms with E-state index in [1.54, 1.807) is 0 Å². The molecule has 0 bridgehead atoms. The van der Waals surface area contributed by atoms with Crippen LogP contribution in [-0.2, 0) is 9.53 Å². The lowest BCUT2D eigenvalue weighted by atomic mass is 9.47. The topological polar surface area (TPSA) is 69.4 Å². The second kappa shape index (κ2) is 6.46. The van der Waals surface area contributed by atoms with Gasteiger partial charge in [-0.15, -0.1) is 0 Å². The number of nitrogens with zero attached hydrogens (tertiary/aromatic N) is 1. The van der Waals surface area contributed by atoms with E-state index in [1.807, 2.05) is 0 Å². The highest BCUT2D eigenvalue weighted by Crippen LogP contribution is 2.65. The molecule has 0 saturated heterocycles. The van der Waals surface area contributed by atoms with E-state index >= 15 is 0 Å². The first-order chi connectivity index (χ1) is 12.7. The maximum absolute atomic E-state index is 11.4. The molecule has 0 spiro atoms. The van der Waals surface area contributed by atoms with Crippen molar-refractivity contribution in [2.24, 2.45) is 28.6 Å². The third-order valence-corrected chi connectivity index (χ3v) is 8.43. The SMILES string of the molecule is CC(=O)O[C@H]1CC[C@@]2(C)C(=CC[C@@H]3[C@@H]2CC[C@]2(C)C(C[N+](=O)[O-])=CC[C@@H]32)C1. The van der Waals surface area contributed by atoms with Gasteiger partial charge >= 0.3 is 5.97 Å². The number of carbonyl (C=O) groups excluding carboxylic acids is 1. The zero-order chi connectivity index (χ0) is 19.4. The molecule has 148 valence electrons. The molecular formula is C22H31NO4. The lowest BCUT2D eigenvalue weighted by Crippen LogP contribution is -2.50. The quantitative estimate of drug-likeness (QED) is 0.311. The van der Waals surface area contributed by atoms with E-state index < -0.39 is 0 Å². The van der Waals surface area contributed by atoms with Gasteiger partial charge in [-0.2, -0.15) is 0 Å². The molecule has 4 aliphatic rings. The van der Waals surface area contributed by atoms with Crippen molar-refractivity contribution in [1.29, 1.82) is 0 Å². The minimum atomic E-state index is -0.179. The summed E-state index contributed by atoms with van der Waals surface area (Å²) in [5.74, 6) is 1.62. The molecule has 5 heteroatoms. The molecule has 2 saturated carbocycles. The van der Waals surface area contributed by atoms with E-state index in [-0.39, 0.29) is 34.4 Å². The number of esters is 1. The van der Waals surface area contributed by atoms with Gasteiger partial charge in [0.15, 0.2) is 0 Å². The number of carbonyl (C=O) groups is 1. The molecule has 4 aliphatic carbocycles. The van der Waals surface area contributed by atoms with E-state index in [4.69, 9.17) is 4.74 Å². The molecule has 27 heavy (non-hydrogen) atoms. The number of fused-ring (bicyclic) bond motifs is 5. The molecule has 0 unspecified atom stereocenters. The summed E-state index contributed by atoms with van der Waals surface area (Å²) in [6, 6.07) is 0. The van der Waals surface area contributed by atoms with E-state index in [2.05, 4.69) is 26.0 Å². The fourth-order valence-electron chi connectivity index (χ4n) is 7.00. The first-order valence-corrected chi connectivity index (χ1v) is 10.4. The molecule has 0 aliphatic heterocycles. The van der Waals surface area contributed by atoms with Crippen LogP contribution in [0, 0.1) is 38.7 Å². The van der Waals surface area contributed by atoms with Crippen LogP contribution in [0.3, 0.4) is 0 Å². The van der Waals surface area contributed by atoms with Crippen LogP contribution in [0.4, 0.5) is 0 Å². The Bertz CT molecular complexity index is 726. The van der Waals surface area contributed by atoms with E-state index in [0.29, 0.717) is 17.8 Å². The summed E-state index contributed by atoms with van der Waals surface area (Å²) in [6.07, 6.45) is 11.8. The molecule has 0 aromatic rings. The second-order valence-electron chi connectivity index (χ2n) is 9.65. The van der Waals surface area contributed by atoms with Crippen LogP contribution in [0.1, 0.15) is 65.7 Å². The predicted molar refractivity (Wildman–Crippen MR) is 103 cm³/mol. The summed E-state index contributed by atoms with van der Waals surface area (Å²) in [5.41, 5.74) is 2.76. The third kappa shape index (κ3) is 2.94. The standard InChI is InChI=1S/C22H31NO4/c1-14(24)27-17-8-10-21(2)15(12-17)4-6-18-19-7-5-16(13-23(25)26)22(19,3)11-9-20(18)21/h4-5,17-20H,6-13H2,1-3H3/t17-,18-,19-,20-,21-,22+/m0/s1. The Kier molecular flexibility index (Phi) is 4.47. The molecule has 0 heterocycles.